The van der Waals surface area contributed by atoms with Gasteiger partial charge in [0.05, 0.1) is 6.61 Å². The largest absolute Gasteiger partial charge is 0.485 e. The minimum atomic E-state index is -0.817. The van der Waals surface area contributed by atoms with Crippen molar-refractivity contribution in [3.63, 3.8) is 0 Å². The molecule has 0 aliphatic carbocycles. The number of hydrogen-bond acceptors (Lipinski definition) is 6. The first-order chi connectivity index (χ1) is 14.2. The van der Waals surface area contributed by atoms with Crippen molar-refractivity contribution in [3.05, 3.63) is 65.5 Å². The van der Waals surface area contributed by atoms with Crippen molar-refractivity contribution < 1.29 is 23.8 Å². The SMILES string of the molecule is CCOC(=O)c1c(-c2ccccc2)csc1NC(=O)C1COc2ccccc2O1. The summed E-state index contributed by atoms with van der Waals surface area (Å²) in [7, 11) is 0. The number of ether oxygens (including phenoxy) is 3. The van der Waals surface area contributed by atoms with Crippen LogP contribution in [-0.4, -0.2) is 31.2 Å². The fraction of sp³-hybridized carbons (Fsp3) is 0.182. The average molecular weight is 409 g/mol. The van der Waals surface area contributed by atoms with Crippen molar-refractivity contribution in [1.82, 2.24) is 0 Å². The van der Waals surface area contributed by atoms with E-state index < -0.39 is 12.1 Å². The third-order valence-electron chi connectivity index (χ3n) is 4.39. The Morgan fingerprint density at radius 3 is 2.59 bits per heavy atom. The first-order valence-electron chi connectivity index (χ1n) is 9.20. The minimum Gasteiger partial charge on any atom is -0.485 e. The van der Waals surface area contributed by atoms with Crippen molar-refractivity contribution in [2.24, 2.45) is 0 Å². The molecule has 2 aromatic carbocycles. The standard InChI is InChI=1S/C22H19NO5S/c1-2-26-22(25)19-15(14-8-4-3-5-9-14)13-29-21(19)23-20(24)18-12-27-16-10-6-7-11-17(16)28-18/h3-11,13,18H,2,12H2,1H3,(H,23,24). The van der Waals surface area contributed by atoms with Crippen LogP contribution in [0.5, 0.6) is 11.5 Å². The summed E-state index contributed by atoms with van der Waals surface area (Å²) in [6.45, 7) is 2.08. The van der Waals surface area contributed by atoms with Gasteiger partial charge in [0.2, 0.25) is 6.10 Å². The van der Waals surface area contributed by atoms with Gasteiger partial charge in [-0.15, -0.1) is 11.3 Å². The Kier molecular flexibility index (Phi) is 5.48. The lowest BCUT2D eigenvalue weighted by Crippen LogP contribution is -2.40. The average Bonchev–Trinajstić information content (AvgIpc) is 3.17. The second-order valence-electron chi connectivity index (χ2n) is 6.29. The summed E-state index contributed by atoms with van der Waals surface area (Å²) in [6.07, 6.45) is -0.817. The molecule has 1 unspecified atom stereocenters. The summed E-state index contributed by atoms with van der Waals surface area (Å²) >= 11 is 1.27. The number of thiophene rings is 1. The van der Waals surface area contributed by atoms with E-state index in [0.29, 0.717) is 22.1 Å². The van der Waals surface area contributed by atoms with Gasteiger partial charge in [0.25, 0.3) is 5.91 Å². The van der Waals surface area contributed by atoms with E-state index in [1.54, 1.807) is 19.1 Å². The van der Waals surface area contributed by atoms with E-state index in [1.807, 2.05) is 47.8 Å². The second kappa shape index (κ2) is 8.36. The Morgan fingerprint density at radius 1 is 1.10 bits per heavy atom. The van der Waals surface area contributed by atoms with Crippen molar-refractivity contribution in [3.8, 4) is 22.6 Å². The fourth-order valence-electron chi connectivity index (χ4n) is 3.03. The van der Waals surface area contributed by atoms with E-state index in [2.05, 4.69) is 5.32 Å². The van der Waals surface area contributed by atoms with Crippen molar-refractivity contribution in [2.45, 2.75) is 13.0 Å². The number of para-hydroxylation sites is 2. The van der Waals surface area contributed by atoms with Crippen LogP contribution in [0.3, 0.4) is 0 Å². The number of esters is 1. The molecular weight excluding hydrogens is 390 g/mol. The molecule has 1 aliphatic rings. The molecule has 7 heteroatoms. The van der Waals surface area contributed by atoms with Crippen LogP contribution in [0.2, 0.25) is 0 Å². The van der Waals surface area contributed by atoms with Gasteiger partial charge < -0.3 is 19.5 Å². The van der Waals surface area contributed by atoms with Crippen LogP contribution >= 0.6 is 11.3 Å². The van der Waals surface area contributed by atoms with Gasteiger partial charge in [-0.1, -0.05) is 42.5 Å². The fourth-order valence-corrected chi connectivity index (χ4v) is 3.99. The van der Waals surface area contributed by atoms with Crippen molar-refractivity contribution >= 4 is 28.2 Å². The van der Waals surface area contributed by atoms with Gasteiger partial charge in [-0.05, 0) is 24.6 Å². The highest BCUT2D eigenvalue weighted by molar-refractivity contribution is 7.15. The van der Waals surface area contributed by atoms with E-state index in [0.717, 1.165) is 11.1 Å². The van der Waals surface area contributed by atoms with Crippen LogP contribution in [0.25, 0.3) is 11.1 Å². The van der Waals surface area contributed by atoms with Gasteiger partial charge in [-0.25, -0.2) is 4.79 Å². The maximum Gasteiger partial charge on any atom is 0.341 e. The Bertz CT molecular complexity index is 1030. The molecule has 3 aromatic rings. The maximum atomic E-state index is 12.8. The zero-order chi connectivity index (χ0) is 20.2. The number of benzene rings is 2. The number of nitrogens with one attached hydrogen (secondary N) is 1. The Balaban J connectivity index is 1.59. The third kappa shape index (κ3) is 3.95. The molecule has 4 rings (SSSR count). The topological polar surface area (TPSA) is 73.9 Å². The van der Waals surface area contributed by atoms with Crippen LogP contribution in [0.4, 0.5) is 5.00 Å². The van der Waals surface area contributed by atoms with E-state index in [4.69, 9.17) is 14.2 Å². The monoisotopic (exact) mass is 409 g/mol. The zero-order valence-electron chi connectivity index (χ0n) is 15.7. The van der Waals surface area contributed by atoms with Gasteiger partial charge in [0, 0.05) is 10.9 Å². The van der Waals surface area contributed by atoms with Crippen LogP contribution in [0.1, 0.15) is 17.3 Å². The number of rotatable bonds is 5. The summed E-state index contributed by atoms with van der Waals surface area (Å²) in [5.74, 6) is 0.257. The molecule has 0 saturated carbocycles. The van der Waals surface area contributed by atoms with E-state index in [-0.39, 0.29) is 19.1 Å². The van der Waals surface area contributed by atoms with Crippen LogP contribution in [0.15, 0.2) is 60.0 Å². The molecular formula is C22H19NO5S. The quantitative estimate of drug-likeness (QED) is 0.634. The molecule has 0 saturated heterocycles. The highest BCUT2D eigenvalue weighted by atomic mass is 32.1. The van der Waals surface area contributed by atoms with Crippen LogP contribution in [0, 0.1) is 0 Å². The normalized spacial score (nSPS) is 14.9. The third-order valence-corrected chi connectivity index (χ3v) is 5.29. The van der Waals surface area contributed by atoms with Crippen LogP contribution in [-0.2, 0) is 9.53 Å². The summed E-state index contributed by atoms with van der Waals surface area (Å²) < 4.78 is 16.6. The van der Waals surface area contributed by atoms with Crippen LogP contribution < -0.4 is 14.8 Å². The Labute approximate surface area is 172 Å². The highest BCUT2D eigenvalue weighted by Gasteiger charge is 2.30. The molecule has 29 heavy (non-hydrogen) atoms. The van der Waals surface area contributed by atoms with E-state index in [1.165, 1.54) is 11.3 Å². The molecule has 0 bridgehead atoms. The minimum absolute atomic E-state index is 0.0918. The molecule has 1 N–H and O–H groups in total. The van der Waals surface area contributed by atoms with E-state index in [9.17, 15) is 9.59 Å². The molecule has 1 amide bonds. The molecule has 148 valence electrons. The van der Waals surface area contributed by atoms with Gasteiger partial charge in [-0.3, -0.25) is 4.79 Å². The zero-order valence-corrected chi connectivity index (χ0v) is 16.5. The molecule has 0 spiro atoms. The summed E-state index contributed by atoms with van der Waals surface area (Å²) in [4.78, 5) is 25.4. The lowest BCUT2D eigenvalue weighted by Gasteiger charge is -2.25. The van der Waals surface area contributed by atoms with Crippen molar-refractivity contribution in [1.29, 1.82) is 0 Å². The lowest BCUT2D eigenvalue weighted by molar-refractivity contribution is -0.125. The Morgan fingerprint density at radius 2 is 1.83 bits per heavy atom. The smallest absolute Gasteiger partial charge is 0.341 e. The van der Waals surface area contributed by atoms with Gasteiger partial charge in [0.1, 0.15) is 17.2 Å². The van der Waals surface area contributed by atoms with Crippen molar-refractivity contribution in [2.75, 3.05) is 18.5 Å². The molecule has 2 heterocycles. The Hall–Kier alpha value is -3.32. The number of carbonyl (C=O) groups excluding carboxylic acids is 2. The summed E-state index contributed by atoms with van der Waals surface area (Å²) in [5.41, 5.74) is 1.93. The molecule has 1 atom stereocenters. The molecule has 1 aliphatic heterocycles. The molecule has 0 fully saturated rings. The number of anilines is 1. The number of amides is 1. The summed E-state index contributed by atoms with van der Waals surface area (Å²) in [5, 5.41) is 5.08. The molecule has 6 nitrogen and oxygen atoms in total. The number of carbonyl (C=O) groups is 2. The summed E-state index contributed by atoms with van der Waals surface area (Å²) in [6, 6.07) is 16.7. The van der Waals surface area contributed by atoms with E-state index >= 15 is 0 Å². The molecule has 0 radical (unpaired) electrons. The second-order valence-corrected chi connectivity index (χ2v) is 7.17. The number of hydrogen-bond donors (Lipinski definition) is 1. The highest BCUT2D eigenvalue weighted by Crippen LogP contribution is 2.37. The predicted octanol–water partition coefficient (Wildman–Crippen LogP) is 4.37. The lowest BCUT2D eigenvalue weighted by atomic mass is 10.0. The van der Waals surface area contributed by atoms with Gasteiger partial charge in [0.15, 0.2) is 11.5 Å². The maximum absolute atomic E-state index is 12.8. The first kappa shape index (κ1) is 19.0. The predicted molar refractivity (Wildman–Crippen MR) is 111 cm³/mol. The van der Waals surface area contributed by atoms with Gasteiger partial charge in [-0.2, -0.15) is 0 Å². The molecule has 1 aromatic heterocycles. The van der Waals surface area contributed by atoms with Gasteiger partial charge >= 0.3 is 5.97 Å². The first-order valence-corrected chi connectivity index (χ1v) is 10.1. The number of fused-ring (bicyclic) bond motifs is 1.